The molecule has 37 heavy (non-hydrogen) atoms. The van der Waals surface area contributed by atoms with Crippen LogP contribution in [0.15, 0.2) is 24.4 Å². The van der Waals surface area contributed by atoms with Crippen molar-refractivity contribution in [2.24, 2.45) is 5.92 Å². The van der Waals surface area contributed by atoms with Gasteiger partial charge in [-0.25, -0.2) is 14.2 Å². The third-order valence-corrected chi connectivity index (χ3v) is 6.38. The number of carbonyl (C=O) groups excluding carboxylic acids is 2. The molecule has 1 aromatic heterocycles. The Labute approximate surface area is 214 Å². The summed E-state index contributed by atoms with van der Waals surface area (Å²) in [6.45, 7) is 5.30. The van der Waals surface area contributed by atoms with Crippen molar-refractivity contribution < 1.29 is 36.6 Å². The number of ether oxygens (including phenoxy) is 2. The number of hydrogen-bond acceptors (Lipinski definition) is 5. The maximum absolute atomic E-state index is 15.3. The van der Waals surface area contributed by atoms with Gasteiger partial charge in [-0.05, 0) is 44.7 Å². The molecular formula is C27H32F4N2O4. The predicted molar refractivity (Wildman–Crippen MR) is 130 cm³/mol. The van der Waals surface area contributed by atoms with Gasteiger partial charge in [0.05, 0.1) is 18.4 Å². The van der Waals surface area contributed by atoms with Gasteiger partial charge in [0.15, 0.2) is 11.6 Å². The number of amides is 1. The van der Waals surface area contributed by atoms with E-state index < -0.39 is 41.2 Å². The molecular weight excluding hydrogens is 492 g/mol. The fourth-order valence-electron chi connectivity index (χ4n) is 4.60. The number of anilines is 1. The first-order chi connectivity index (χ1) is 17.5. The third kappa shape index (κ3) is 6.59. The topological polar surface area (TPSA) is 68.7 Å². The number of alkyl halides is 3. The van der Waals surface area contributed by atoms with Crippen LogP contribution in [0.2, 0.25) is 0 Å². The van der Waals surface area contributed by atoms with Crippen LogP contribution in [0.1, 0.15) is 80.8 Å². The predicted octanol–water partition coefficient (Wildman–Crippen LogP) is 7.09. The van der Waals surface area contributed by atoms with E-state index in [9.17, 15) is 22.8 Å². The molecule has 0 bridgehead atoms. The molecule has 6 nitrogen and oxygen atoms in total. The van der Waals surface area contributed by atoms with Crippen molar-refractivity contribution in [1.29, 1.82) is 0 Å². The number of pyridine rings is 1. The van der Waals surface area contributed by atoms with E-state index in [1.165, 1.54) is 11.1 Å². The van der Waals surface area contributed by atoms with Gasteiger partial charge in [0.25, 0.3) is 0 Å². The number of rotatable bonds is 8. The first-order valence-electron chi connectivity index (χ1n) is 12.5. The molecule has 1 aromatic carbocycles. The lowest BCUT2D eigenvalue weighted by Gasteiger charge is -2.33. The van der Waals surface area contributed by atoms with Gasteiger partial charge in [0.2, 0.25) is 11.8 Å². The monoisotopic (exact) mass is 524 g/mol. The quantitative estimate of drug-likeness (QED) is 0.272. The van der Waals surface area contributed by atoms with Gasteiger partial charge in [0.1, 0.15) is 5.56 Å². The summed E-state index contributed by atoms with van der Waals surface area (Å²) in [6, 6.07) is 2.39. The lowest BCUT2D eigenvalue weighted by atomic mass is 9.87. The molecule has 1 fully saturated rings. The Hall–Kier alpha value is -3.17. The van der Waals surface area contributed by atoms with Gasteiger partial charge in [-0.1, -0.05) is 32.6 Å². The smallest absolute Gasteiger partial charge is 0.421 e. The first-order valence-corrected chi connectivity index (χ1v) is 12.5. The maximum Gasteiger partial charge on any atom is 0.421 e. The van der Waals surface area contributed by atoms with Crippen LogP contribution in [0.4, 0.5) is 23.2 Å². The second-order valence-electron chi connectivity index (χ2n) is 9.47. The van der Waals surface area contributed by atoms with Crippen LogP contribution in [0.3, 0.4) is 0 Å². The van der Waals surface area contributed by atoms with Crippen molar-refractivity contribution in [3.8, 4) is 11.6 Å². The van der Waals surface area contributed by atoms with E-state index in [4.69, 9.17) is 9.47 Å². The highest BCUT2D eigenvalue weighted by Gasteiger charge is 2.37. The Bertz CT molecular complexity index is 1130. The molecule has 1 aliphatic rings. The Balaban J connectivity index is 2.08. The summed E-state index contributed by atoms with van der Waals surface area (Å²) in [5, 5.41) is 0. The molecule has 10 heteroatoms. The molecule has 202 valence electrons. The average molecular weight is 525 g/mol. The minimum Gasteiger partial charge on any atom is -0.465 e. The summed E-state index contributed by atoms with van der Waals surface area (Å²) in [5.74, 6) is -3.91. The molecule has 0 atom stereocenters. The summed E-state index contributed by atoms with van der Waals surface area (Å²) in [7, 11) is 1.12. The molecule has 1 amide bonds. The van der Waals surface area contributed by atoms with Gasteiger partial charge in [-0.15, -0.1) is 0 Å². The molecule has 1 saturated carbocycles. The van der Waals surface area contributed by atoms with E-state index >= 15 is 4.39 Å². The number of aromatic nitrogens is 1. The second kappa shape index (κ2) is 11.9. The van der Waals surface area contributed by atoms with Crippen molar-refractivity contribution in [3.05, 3.63) is 46.9 Å². The van der Waals surface area contributed by atoms with E-state index in [2.05, 4.69) is 4.98 Å². The lowest BCUT2D eigenvalue weighted by molar-refractivity contribution is -0.139. The number of methoxy groups -OCH3 is 1. The van der Waals surface area contributed by atoms with Crippen molar-refractivity contribution in [1.82, 2.24) is 4.98 Å². The number of esters is 1. The molecule has 0 N–H and O–H groups in total. The minimum atomic E-state index is -4.80. The Morgan fingerprint density at radius 3 is 2.38 bits per heavy atom. The molecule has 0 radical (unpaired) electrons. The summed E-state index contributed by atoms with van der Waals surface area (Å²) < 4.78 is 66.6. The lowest BCUT2D eigenvalue weighted by Crippen LogP contribution is -2.42. The Morgan fingerprint density at radius 1 is 1.14 bits per heavy atom. The van der Waals surface area contributed by atoms with Crippen LogP contribution >= 0.6 is 0 Å². The van der Waals surface area contributed by atoms with Crippen LogP contribution in [0, 0.1) is 11.7 Å². The van der Waals surface area contributed by atoms with Crippen molar-refractivity contribution in [2.45, 2.75) is 77.9 Å². The van der Waals surface area contributed by atoms with Gasteiger partial charge in [0, 0.05) is 30.3 Å². The van der Waals surface area contributed by atoms with Crippen molar-refractivity contribution in [3.63, 3.8) is 0 Å². The van der Waals surface area contributed by atoms with E-state index in [1.54, 1.807) is 13.8 Å². The molecule has 2 aromatic rings. The maximum atomic E-state index is 15.3. The number of aryl methyl sites for hydroxylation is 1. The molecule has 3 rings (SSSR count). The number of halogens is 4. The normalized spacial score (nSPS) is 14.5. The van der Waals surface area contributed by atoms with Crippen molar-refractivity contribution in [2.75, 3.05) is 12.0 Å². The fraction of sp³-hybridized carbons (Fsp3) is 0.519. The molecule has 0 unspecified atom stereocenters. The summed E-state index contributed by atoms with van der Waals surface area (Å²) in [4.78, 5) is 31.2. The van der Waals surface area contributed by atoms with Crippen LogP contribution in [0.25, 0.3) is 0 Å². The largest absolute Gasteiger partial charge is 0.465 e. The van der Waals surface area contributed by atoms with E-state index in [0.717, 1.165) is 44.6 Å². The van der Waals surface area contributed by atoms with Gasteiger partial charge in [-0.2, -0.15) is 13.2 Å². The minimum absolute atomic E-state index is 0.0235. The first kappa shape index (κ1) is 28.4. The zero-order chi connectivity index (χ0) is 27.3. The number of benzene rings is 1. The highest BCUT2D eigenvalue weighted by molar-refractivity contribution is 6.04. The molecule has 0 saturated heterocycles. The van der Waals surface area contributed by atoms with E-state index in [-0.39, 0.29) is 23.1 Å². The van der Waals surface area contributed by atoms with E-state index in [1.807, 2.05) is 6.92 Å². The summed E-state index contributed by atoms with van der Waals surface area (Å²) >= 11 is 0. The summed E-state index contributed by atoms with van der Waals surface area (Å²) in [5.41, 5.74) is -1.02. The fourth-order valence-corrected chi connectivity index (χ4v) is 4.60. The molecule has 0 spiro atoms. The highest BCUT2D eigenvalue weighted by Crippen LogP contribution is 2.40. The molecule has 1 aliphatic carbocycles. The van der Waals surface area contributed by atoms with E-state index in [0.29, 0.717) is 31.2 Å². The summed E-state index contributed by atoms with van der Waals surface area (Å²) in [6.07, 6.45) is 1.66. The van der Waals surface area contributed by atoms with Crippen molar-refractivity contribution >= 4 is 17.6 Å². The number of nitrogens with zero attached hydrogens (tertiary/aromatic N) is 2. The van der Waals surface area contributed by atoms with Crippen LogP contribution in [-0.2, 0) is 22.1 Å². The molecule has 1 heterocycles. The highest BCUT2D eigenvalue weighted by atomic mass is 19.4. The average Bonchev–Trinajstić information content (AvgIpc) is 2.85. The SMILES string of the molecule is CCCc1cnc(Oc2cc(C(=O)OC)c(N(C(=O)C3CCCCC3)C(C)C)cc2F)c(C(F)(F)F)c1. The number of hydrogen-bond donors (Lipinski definition) is 0. The number of carbonyl (C=O) groups is 2. The zero-order valence-corrected chi connectivity index (χ0v) is 21.5. The Kier molecular flexibility index (Phi) is 9.15. The van der Waals surface area contributed by atoms with Gasteiger partial charge in [-0.3, -0.25) is 4.79 Å². The second-order valence-corrected chi connectivity index (χ2v) is 9.47. The van der Waals surface area contributed by atoms with Crippen LogP contribution < -0.4 is 9.64 Å². The van der Waals surface area contributed by atoms with Gasteiger partial charge >= 0.3 is 12.1 Å². The zero-order valence-electron chi connectivity index (χ0n) is 21.5. The van der Waals surface area contributed by atoms with Crippen LogP contribution in [0.5, 0.6) is 11.6 Å². The standard InChI is InChI=1S/C27H32F4N2O4/c1-5-9-17-12-20(27(29,30)31)24(32-15-17)37-23-13-19(26(35)36-4)22(14-21(23)28)33(16(2)3)25(34)18-10-7-6-8-11-18/h12-16,18H,5-11H2,1-4H3. The Morgan fingerprint density at radius 2 is 1.81 bits per heavy atom. The molecule has 0 aliphatic heterocycles. The van der Waals surface area contributed by atoms with Gasteiger partial charge < -0.3 is 14.4 Å². The third-order valence-electron chi connectivity index (χ3n) is 6.38. The van der Waals surface area contributed by atoms with Crippen LogP contribution in [-0.4, -0.2) is 30.0 Å².